The lowest BCUT2D eigenvalue weighted by Gasteiger charge is -2.23. The molecule has 3 heterocycles. The molecule has 3 aromatic rings. The molecule has 1 aromatic heterocycles. The number of aliphatic hydroxyl groups excluding tert-OH is 1. The number of amides is 1. The molecule has 5 rings (SSSR count). The van der Waals surface area contributed by atoms with Crippen molar-refractivity contribution < 1.29 is 24.2 Å². The summed E-state index contributed by atoms with van der Waals surface area (Å²) in [5.41, 5.74) is 2.03. The average molecular weight is 475 g/mol. The van der Waals surface area contributed by atoms with Gasteiger partial charge in [0.05, 0.1) is 11.6 Å². The second-order valence-corrected chi connectivity index (χ2v) is 8.98. The van der Waals surface area contributed by atoms with E-state index in [0.717, 1.165) is 11.3 Å². The van der Waals surface area contributed by atoms with Crippen LogP contribution in [0.15, 0.2) is 72.3 Å². The van der Waals surface area contributed by atoms with Gasteiger partial charge in [0.25, 0.3) is 5.78 Å². The summed E-state index contributed by atoms with van der Waals surface area (Å²) < 4.78 is 11.4. The molecule has 0 saturated carbocycles. The maximum Gasteiger partial charge on any atom is 0.301 e. The van der Waals surface area contributed by atoms with Crippen molar-refractivity contribution in [2.45, 2.75) is 25.5 Å². The Morgan fingerprint density at radius 1 is 1.32 bits per heavy atom. The lowest BCUT2D eigenvalue weighted by molar-refractivity contribution is -0.132. The van der Waals surface area contributed by atoms with Gasteiger partial charge < -0.3 is 14.6 Å². The minimum atomic E-state index is -0.859. The number of Topliss-reactive ketones (excluding diaryl/α,β-unsaturated/α-hetero) is 1. The monoisotopic (exact) mass is 474 g/mol. The van der Waals surface area contributed by atoms with Gasteiger partial charge in [-0.2, -0.15) is 0 Å². The molecule has 1 fully saturated rings. The molecular formula is C26H22N2O5S. The number of rotatable bonds is 6. The zero-order valence-electron chi connectivity index (χ0n) is 18.4. The quantitative estimate of drug-likeness (QED) is 0.242. The summed E-state index contributed by atoms with van der Waals surface area (Å²) in [6.07, 6.45) is 3.95. The van der Waals surface area contributed by atoms with E-state index in [9.17, 15) is 14.7 Å². The Kier molecular flexibility index (Phi) is 5.67. The molecule has 0 spiro atoms. The van der Waals surface area contributed by atoms with E-state index in [2.05, 4.69) is 11.6 Å². The van der Waals surface area contributed by atoms with Crippen molar-refractivity contribution in [1.29, 1.82) is 0 Å². The fourth-order valence-electron chi connectivity index (χ4n) is 4.33. The van der Waals surface area contributed by atoms with E-state index >= 15 is 0 Å². The number of anilines is 1. The van der Waals surface area contributed by atoms with E-state index < -0.39 is 17.7 Å². The molecule has 2 aliphatic heterocycles. The third kappa shape index (κ3) is 3.76. The summed E-state index contributed by atoms with van der Waals surface area (Å²) in [7, 11) is 0. The van der Waals surface area contributed by atoms with Crippen LogP contribution in [0.5, 0.6) is 11.5 Å². The number of hydrogen-bond donors (Lipinski definition) is 1. The number of hydrogen-bond acceptors (Lipinski definition) is 7. The van der Waals surface area contributed by atoms with Crippen molar-refractivity contribution in [2.75, 3.05) is 11.5 Å². The van der Waals surface area contributed by atoms with Crippen molar-refractivity contribution in [3.63, 3.8) is 0 Å². The lowest BCUT2D eigenvalue weighted by atomic mass is 9.94. The molecule has 0 aliphatic carbocycles. The third-order valence-corrected chi connectivity index (χ3v) is 6.55. The van der Waals surface area contributed by atoms with Crippen LogP contribution in [-0.4, -0.2) is 34.5 Å². The normalized spacial score (nSPS) is 20.8. The minimum absolute atomic E-state index is 0.00739. The molecule has 0 unspecified atom stereocenters. The summed E-state index contributed by atoms with van der Waals surface area (Å²) in [6, 6.07) is 11.5. The fraction of sp³-hybridized carbons (Fsp3) is 0.192. The minimum Gasteiger partial charge on any atom is -0.507 e. The highest BCUT2D eigenvalue weighted by molar-refractivity contribution is 7.14. The van der Waals surface area contributed by atoms with Crippen molar-refractivity contribution >= 4 is 33.9 Å². The van der Waals surface area contributed by atoms with Gasteiger partial charge in [0.2, 0.25) is 0 Å². The van der Waals surface area contributed by atoms with E-state index in [1.54, 1.807) is 54.1 Å². The van der Waals surface area contributed by atoms with E-state index in [1.807, 2.05) is 13.0 Å². The number of aromatic nitrogens is 1. The number of carbonyl (C=O) groups is 2. The third-order valence-electron chi connectivity index (χ3n) is 5.78. The molecule has 1 N–H and O–H groups in total. The molecular weight excluding hydrogens is 452 g/mol. The van der Waals surface area contributed by atoms with Crippen LogP contribution in [0.4, 0.5) is 5.13 Å². The average Bonchev–Trinajstić information content (AvgIpc) is 3.55. The molecule has 34 heavy (non-hydrogen) atoms. The standard InChI is InChI=1S/C26H22N2O5S/c1-3-10-32-19-6-4-5-16(14-19)22-21(24(30)25(31)28(22)26-27-9-11-34-26)23(29)17-7-8-20-18(13-17)12-15(2)33-20/h3-9,11,13-15,22,29H,1,10,12H2,2H3/b23-21+/t15-,22-/m0/s1. The molecule has 2 aliphatic rings. The van der Waals surface area contributed by atoms with Gasteiger partial charge in [-0.15, -0.1) is 11.3 Å². The first-order valence-corrected chi connectivity index (χ1v) is 11.7. The molecule has 8 heteroatoms. The maximum absolute atomic E-state index is 13.3. The smallest absolute Gasteiger partial charge is 0.301 e. The Balaban J connectivity index is 1.66. The van der Waals surface area contributed by atoms with Crippen molar-refractivity contribution in [3.05, 3.63) is 89.0 Å². The van der Waals surface area contributed by atoms with Crippen LogP contribution in [0, 0.1) is 0 Å². The number of ether oxygens (including phenoxy) is 2. The van der Waals surface area contributed by atoms with Crippen LogP contribution in [0.3, 0.4) is 0 Å². The van der Waals surface area contributed by atoms with Crippen molar-refractivity contribution in [2.24, 2.45) is 0 Å². The van der Waals surface area contributed by atoms with Crippen molar-refractivity contribution in [3.8, 4) is 11.5 Å². The number of carbonyl (C=O) groups excluding carboxylic acids is 2. The summed E-state index contributed by atoms with van der Waals surface area (Å²) >= 11 is 1.25. The number of benzene rings is 2. The largest absolute Gasteiger partial charge is 0.507 e. The summed E-state index contributed by atoms with van der Waals surface area (Å²) in [5.74, 6) is -0.416. The van der Waals surface area contributed by atoms with Gasteiger partial charge in [-0.25, -0.2) is 4.98 Å². The van der Waals surface area contributed by atoms with Gasteiger partial charge in [-0.3, -0.25) is 14.5 Å². The van der Waals surface area contributed by atoms with Crippen LogP contribution >= 0.6 is 11.3 Å². The Morgan fingerprint density at radius 3 is 2.94 bits per heavy atom. The Bertz CT molecular complexity index is 1310. The molecule has 0 bridgehead atoms. The molecule has 1 amide bonds. The summed E-state index contributed by atoms with van der Waals surface area (Å²) in [6.45, 7) is 5.94. The molecule has 2 aromatic carbocycles. The van der Waals surface area contributed by atoms with Crippen molar-refractivity contribution in [1.82, 2.24) is 4.98 Å². The number of fused-ring (bicyclic) bond motifs is 1. The number of thiazole rings is 1. The second-order valence-electron chi connectivity index (χ2n) is 8.11. The topological polar surface area (TPSA) is 89.0 Å². The summed E-state index contributed by atoms with van der Waals surface area (Å²) in [5, 5.41) is 13.4. The molecule has 1 saturated heterocycles. The van der Waals surface area contributed by atoms with Gasteiger partial charge in [0.1, 0.15) is 30.0 Å². The van der Waals surface area contributed by atoms with E-state index in [4.69, 9.17) is 9.47 Å². The van der Waals surface area contributed by atoms with Crippen LogP contribution in [0.1, 0.15) is 29.7 Å². The van der Waals surface area contributed by atoms with Gasteiger partial charge in [0, 0.05) is 23.6 Å². The van der Waals surface area contributed by atoms with Crippen LogP contribution in [-0.2, 0) is 16.0 Å². The van der Waals surface area contributed by atoms with E-state index in [-0.39, 0.29) is 17.4 Å². The predicted octanol–water partition coefficient (Wildman–Crippen LogP) is 4.66. The summed E-state index contributed by atoms with van der Waals surface area (Å²) in [4.78, 5) is 32.0. The highest BCUT2D eigenvalue weighted by atomic mass is 32.1. The Hall–Kier alpha value is -3.91. The fourth-order valence-corrected chi connectivity index (χ4v) is 5.00. The number of aliphatic hydroxyl groups is 1. The zero-order chi connectivity index (χ0) is 23.8. The number of ketones is 1. The zero-order valence-corrected chi connectivity index (χ0v) is 19.2. The molecule has 172 valence electrons. The van der Waals surface area contributed by atoms with Crippen LogP contribution in [0.25, 0.3) is 5.76 Å². The van der Waals surface area contributed by atoms with Gasteiger partial charge in [-0.1, -0.05) is 24.8 Å². The van der Waals surface area contributed by atoms with Gasteiger partial charge in [-0.05, 0) is 48.4 Å². The van der Waals surface area contributed by atoms with Gasteiger partial charge in [0.15, 0.2) is 5.13 Å². The van der Waals surface area contributed by atoms with E-state index in [1.165, 1.54) is 16.2 Å². The SMILES string of the molecule is C=CCOc1cccc([C@H]2/C(=C(\O)c3ccc4c(c3)C[C@H](C)O4)C(=O)C(=O)N2c2nccs2)c1. The second kappa shape index (κ2) is 8.79. The van der Waals surface area contributed by atoms with Gasteiger partial charge >= 0.3 is 5.91 Å². The predicted molar refractivity (Wildman–Crippen MR) is 129 cm³/mol. The lowest BCUT2D eigenvalue weighted by Crippen LogP contribution is -2.29. The molecule has 7 nitrogen and oxygen atoms in total. The Labute approximate surface area is 200 Å². The Morgan fingerprint density at radius 2 is 2.18 bits per heavy atom. The first-order valence-electron chi connectivity index (χ1n) is 10.8. The molecule has 2 atom stereocenters. The van der Waals surface area contributed by atoms with Crippen LogP contribution < -0.4 is 14.4 Å². The maximum atomic E-state index is 13.3. The highest BCUT2D eigenvalue weighted by Crippen LogP contribution is 2.44. The van der Waals surface area contributed by atoms with E-state index in [0.29, 0.717) is 35.0 Å². The molecule has 0 radical (unpaired) electrons. The number of nitrogens with zero attached hydrogens (tertiary/aromatic N) is 2. The highest BCUT2D eigenvalue weighted by Gasteiger charge is 2.48. The first-order chi connectivity index (χ1) is 16.5. The first kappa shape index (κ1) is 21.9. The van der Waals surface area contributed by atoms with Crippen LogP contribution in [0.2, 0.25) is 0 Å².